The summed E-state index contributed by atoms with van der Waals surface area (Å²) in [5, 5.41) is 21.9. The zero-order valence-corrected chi connectivity index (χ0v) is 34.3. The molecular weight excluding hydrogens is 724 g/mol. The predicted octanol–water partition coefficient (Wildman–Crippen LogP) is 5.91. The monoisotopic (exact) mass is 790 g/mol. The highest BCUT2D eigenvalue weighted by Gasteiger charge is 2.46. The van der Waals surface area contributed by atoms with Gasteiger partial charge in [0.05, 0.1) is 56.3 Å². The van der Waals surface area contributed by atoms with Crippen molar-refractivity contribution in [3.05, 3.63) is 36.0 Å². The molecule has 0 aromatic heterocycles. The summed E-state index contributed by atoms with van der Waals surface area (Å²) in [7, 11) is 1.27. The van der Waals surface area contributed by atoms with Gasteiger partial charge in [-0.1, -0.05) is 70.8 Å². The summed E-state index contributed by atoms with van der Waals surface area (Å²) in [5.41, 5.74) is 0.699. The maximum Gasteiger partial charge on any atom is 0.330 e. The number of carbonyl (C=O) groups excluding carboxylic acids is 4. The fourth-order valence-corrected chi connectivity index (χ4v) is 8.30. The van der Waals surface area contributed by atoms with Crippen molar-refractivity contribution in [1.82, 2.24) is 0 Å². The van der Waals surface area contributed by atoms with Crippen molar-refractivity contribution in [2.45, 2.75) is 198 Å². The van der Waals surface area contributed by atoms with Crippen molar-refractivity contribution in [1.29, 1.82) is 0 Å². The van der Waals surface area contributed by atoms with Crippen LogP contribution in [0.4, 0.5) is 0 Å². The summed E-state index contributed by atoms with van der Waals surface area (Å²) in [6.07, 6.45) is 5.32. The van der Waals surface area contributed by atoms with E-state index in [9.17, 15) is 29.4 Å². The van der Waals surface area contributed by atoms with Crippen LogP contribution in [0.3, 0.4) is 0 Å². The van der Waals surface area contributed by atoms with Gasteiger partial charge in [0, 0.05) is 56.9 Å². The van der Waals surface area contributed by atoms with E-state index in [2.05, 4.69) is 13.5 Å². The van der Waals surface area contributed by atoms with Gasteiger partial charge in [-0.3, -0.25) is 14.4 Å². The Labute approximate surface area is 332 Å². The second kappa shape index (κ2) is 21.6. The number of ether oxygens (including phenoxy) is 7. The molecule has 4 rings (SSSR count). The van der Waals surface area contributed by atoms with Crippen LogP contribution in [0, 0.1) is 5.41 Å². The first-order chi connectivity index (χ1) is 26.5. The lowest BCUT2D eigenvalue weighted by Crippen LogP contribution is -2.51. The van der Waals surface area contributed by atoms with Crippen LogP contribution in [0.25, 0.3) is 0 Å². The average molecular weight is 791 g/mol. The molecule has 2 N–H and O–H groups in total. The Hall–Kier alpha value is -3.10. The molecular formula is C43H66O13. The standard InChI is InChI=1S/C43H66O13/c1-8-9-10-11-12-13-38(47)56-41-29(19-39(48)50-7)18-33-25-37(27(3)44)55-40(49)21-30(46)20-34-23-35(51-28(4)45)24-36(53-34)22-32-17-26(2)16-31(52-32)14-15-43(5,6)42(41)54-33/h14-15,19,27,30-37,41-42,44,46H,2,8-13,16-18,20-25H2,1,3-7H3/b15-14+,29-19+/t27-,30-,31+,32+,33+,34-,35+,36+,37-,41+,42?/m1/s1. The van der Waals surface area contributed by atoms with Crippen molar-refractivity contribution in [2.24, 2.45) is 5.41 Å². The number of aliphatic hydroxyl groups excluding tert-OH is 2. The highest BCUT2D eigenvalue weighted by molar-refractivity contribution is 5.83. The molecule has 56 heavy (non-hydrogen) atoms. The number of carbonyl (C=O) groups is 4. The molecule has 0 saturated carbocycles. The van der Waals surface area contributed by atoms with Gasteiger partial charge in [-0.05, 0) is 38.2 Å². The molecule has 316 valence electrons. The summed E-state index contributed by atoms with van der Waals surface area (Å²) in [4.78, 5) is 51.3. The van der Waals surface area contributed by atoms with E-state index in [0.29, 0.717) is 44.1 Å². The minimum Gasteiger partial charge on any atom is -0.466 e. The fraction of sp³-hybridized carbons (Fsp3) is 0.767. The molecule has 0 aromatic carbocycles. The highest BCUT2D eigenvalue weighted by atomic mass is 16.6. The number of aliphatic hydroxyl groups is 2. The van der Waals surface area contributed by atoms with Crippen LogP contribution in [0.15, 0.2) is 36.0 Å². The van der Waals surface area contributed by atoms with Gasteiger partial charge in [-0.15, -0.1) is 0 Å². The number of esters is 4. The van der Waals surface area contributed by atoms with Gasteiger partial charge in [-0.2, -0.15) is 0 Å². The van der Waals surface area contributed by atoms with E-state index in [1.807, 2.05) is 26.0 Å². The Morgan fingerprint density at radius 1 is 0.929 bits per heavy atom. The molecule has 6 bridgehead atoms. The normalized spacial score (nSPS) is 34.7. The Morgan fingerprint density at radius 3 is 2.30 bits per heavy atom. The SMILES string of the molecule is C=C1C[C@H]2C[C@H]3C[C@@H](OC(C)=O)C[C@@H](C[C@@H](O)CC(=O)O[C@@H]([C@@H](C)O)C[C@@H]4C/C(=C\C(=O)OC)[C@H](OC(=O)CCCCCCC)C(O4)C(C)(C)/C=C/[C@@H](C1)O2)O3. The smallest absolute Gasteiger partial charge is 0.330 e. The molecule has 0 radical (unpaired) electrons. The molecule has 0 aromatic rings. The van der Waals surface area contributed by atoms with Gasteiger partial charge in [0.15, 0.2) is 6.10 Å². The first-order valence-electron chi connectivity index (χ1n) is 20.6. The molecule has 1 unspecified atom stereocenters. The summed E-state index contributed by atoms with van der Waals surface area (Å²) in [5.74, 6) is -2.13. The molecule has 13 nitrogen and oxygen atoms in total. The third-order valence-corrected chi connectivity index (χ3v) is 11.1. The van der Waals surface area contributed by atoms with E-state index in [1.165, 1.54) is 27.0 Å². The Morgan fingerprint density at radius 2 is 1.62 bits per heavy atom. The van der Waals surface area contributed by atoms with Crippen LogP contribution >= 0.6 is 0 Å². The lowest BCUT2D eigenvalue weighted by molar-refractivity contribution is -0.182. The molecule has 0 aliphatic carbocycles. The van der Waals surface area contributed by atoms with Crippen molar-refractivity contribution < 1.29 is 62.5 Å². The number of rotatable bonds is 10. The molecule has 4 aliphatic rings. The Kier molecular flexibility index (Phi) is 17.6. The van der Waals surface area contributed by atoms with Gasteiger partial charge in [0.25, 0.3) is 0 Å². The molecule has 4 heterocycles. The van der Waals surface area contributed by atoms with Gasteiger partial charge in [0.2, 0.25) is 0 Å². The molecule has 13 heteroatoms. The van der Waals surface area contributed by atoms with Crippen LogP contribution in [0.5, 0.6) is 0 Å². The number of unbranched alkanes of at least 4 members (excludes halogenated alkanes) is 4. The Balaban J connectivity index is 1.69. The van der Waals surface area contributed by atoms with Crippen molar-refractivity contribution in [3.63, 3.8) is 0 Å². The average Bonchev–Trinajstić information content (AvgIpc) is 3.10. The van der Waals surface area contributed by atoms with Crippen molar-refractivity contribution >= 4 is 23.9 Å². The topological polar surface area (TPSA) is 173 Å². The zero-order valence-electron chi connectivity index (χ0n) is 34.3. The van der Waals surface area contributed by atoms with E-state index in [-0.39, 0.29) is 50.4 Å². The van der Waals surface area contributed by atoms with E-state index in [1.54, 1.807) is 0 Å². The van der Waals surface area contributed by atoms with E-state index < -0.39 is 78.1 Å². The van der Waals surface area contributed by atoms with Gasteiger partial charge < -0.3 is 43.4 Å². The van der Waals surface area contributed by atoms with Crippen LogP contribution in [-0.2, 0) is 52.3 Å². The largest absolute Gasteiger partial charge is 0.466 e. The third-order valence-electron chi connectivity index (χ3n) is 11.1. The summed E-state index contributed by atoms with van der Waals surface area (Å²) < 4.78 is 42.4. The van der Waals surface area contributed by atoms with E-state index in [0.717, 1.165) is 31.3 Å². The third kappa shape index (κ3) is 14.4. The molecule has 3 fully saturated rings. The first-order valence-corrected chi connectivity index (χ1v) is 20.6. The zero-order chi connectivity index (χ0) is 41.0. The number of cyclic esters (lactones) is 1. The maximum atomic E-state index is 13.4. The quantitative estimate of drug-likeness (QED) is 0.0881. The summed E-state index contributed by atoms with van der Waals surface area (Å²) in [6, 6.07) is 0. The van der Waals surface area contributed by atoms with Crippen LogP contribution < -0.4 is 0 Å². The van der Waals surface area contributed by atoms with E-state index in [4.69, 9.17) is 33.2 Å². The molecule has 0 spiro atoms. The molecule has 4 aliphatic heterocycles. The van der Waals surface area contributed by atoms with Crippen LogP contribution in [-0.4, -0.2) is 108 Å². The van der Waals surface area contributed by atoms with Gasteiger partial charge in [0.1, 0.15) is 18.3 Å². The summed E-state index contributed by atoms with van der Waals surface area (Å²) >= 11 is 0. The second-order valence-corrected chi connectivity index (χ2v) is 16.8. The molecule has 3 saturated heterocycles. The lowest BCUT2D eigenvalue weighted by atomic mass is 9.77. The van der Waals surface area contributed by atoms with E-state index >= 15 is 0 Å². The molecule has 11 atom stereocenters. The number of methoxy groups -OCH3 is 1. The first kappa shape index (κ1) is 45.6. The lowest BCUT2D eigenvalue weighted by Gasteiger charge is -2.45. The number of hydrogen-bond acceptors (Lipinski definition) is 13. The highest BCUT2D eigenvalue weighted by Crippen LogP contribution is 2.41. The molecule has 0 amide bonds. The van der Waals surface area contributed by atoms with Crippen molar-refractivity contribution in [2.75, 3.05) is 7.11 Å². The maximum absolute atomic E-state index is 13.4. The van der Waals surface area contributed by atoms with Crippen LogP contribution in [0.2, 0.25) is 0 Å². The predicted molar refractivity (Wildman–Crippen MR) is 206 cm³/mol. The second-order valence-electron chi connectivity index (χ2n) is 16.8. The van der Waals surface area contributed by atoms with Crippen molar-refractivity contribution in [3.8, 4) is 0 Å². The van der Waals surface area contributed by atoms with Gasteiger partial charge >= 0.3 is 23.9 Å². The van der Waals surface area contributed by atoms with Crippen LogP contribution in [0.1, 0.15) is 131 Å². The summed E-state index contributed by atoms with van der Waals surface area (Å²) in [6.45, 7) is 13.2. The minimum absolute atomic E-state index is 0.0527. The Bertz CT molecular complexity index is 1400. The number of hydrogen-bond donors (Lipinski definition) is 2. The fourth-order valence-electron chi connectivity index (χ4n) is 8.30. The van der Waals surface area contributed by atoms with Gasteiger partial charge in [-0.25, -0.2) is 4.79 Å². The minimum atomic E-state index is -1.13. The number of fused-ring (bicyclic) bond motifs is 6.